The van der Waals surface area contributed by atoms with Crippen molar-refractivity contribution in [2.45, 2.75) is 6.92 Å². The van der Waals surface area contributed by atoms with Crippen molar-refractivity contribution >= 4 is 5.69 Å². The summed E-state index contributed by atoms with van der Waals surface area (Å²) in [6.45, 7) is 1.72. The summed E-state index contributed by atoms with van der Waals surface area (Å²) in [5.74, 6) is -1.28. The molecule has 0 saturated heterocycles. The standard InChI is InChI=1S/C10H9F2N3/c1-6-10(13)5-15(14-6)9-3-7(11)2-8(12)4-9/h2-5H,13H2,1H3. The van der Waals surface area contributed by atoms with Gasteiger partial charge in [-0.15, -0.1) is 0 Å². The SMILES string of the molecule is Cc1nn(-c2cc(F)cc(F)c2)cc1N. The van der Waals surface area contributed by atoms with E-state index in [4.69, 9.17) is 5.73 Å². The predicted molar refractivity (Wildman–Crippen MR) is 52.6 cm³/mol. The Kier molecular flexibility index (Phi) is 2.15. The highest BCUT2D eigenvalue weighted by molar-refractivity contribution is 5.43. The fourth-order valence-electron chi connectivity index (χ4n) is 1.28. The molecule has 1 heterocycles. The molecule has 0 bridgehead atoms. The Labute approximate surface area is 85.1 Å². The Bertz CT molecular complexity index is 466. The van der Waals surface area contributed by atoms with E-state index in [1.807, 2.05) is 0 Å². The number of aromatic nitrogens is 2. The zero-order valence-electron chi connectivity index (χ0n) is 8.04. The van der Waals surface area contributed by atoms with E-state index in [0.717, 1.165) is 6.07 Å². The Morgan fingerprint density at radius 1 is 1.20 bits per heavy atom. The summed E-state index contributed by atoms with van der Waals surface area (Å²) in [5.41, 5.74) is 7.01. The van der Waals surface area contributed by atoms with E-state index in [1.54, 1.807) is 6.92 Å². The molecule has 78 valence electrons. The molecule has 0 aliphatic carbocycles. The fourth-order valence-corrected chi connectivity index (χ4v) is 1.28. The highest BCUT2D eigenvalue weighted by Crippen LogP contribution is 2.15. The normalized spacial score (nSPS) is 10.6. The van der Waals surface area contributed by atoms with Crippen molar-refractivity contribution in [1.82, 2.24) is 9.78 Å². The highest BCUT2D eigenvalue weighted by atomic mass is 19.1. The minimum Gasteiger partial charge on any atom is -0.396 e. The largest absolute Gasteiger partial charge is 0.396 e. The lowest BCUT2D eigenvalue weighted by atomic mass is 10.3. The van der Waals surface area contributed by atoms with Gasteiger partial charge in [-0.25, -0.2) is 13.5 Å². The summed E-state index contributed by atoms with van der Waals surface area (Å²) in [6.07, 6.45) is 1.52. The fraction of sp³-hybridized carbons (Fsp3) is 0.100. The first-order chi connectivity index (χ1) is 7.06. The lowest BCUT2D eigenvalue weighted by Crippen LogP contribution is -1.96. The molecule has 2 N–H and O–H groups in total. The average Bonchev–Trinajstić information content (AvgIpc) is 2.45. The van der Waals surface area contributed by atoms with Crippen molar-refractivity contribution in [1.29, 1.82) is 0 Å². The zero-order chi connectivity index (χ0) is 11.0. The van der Waals surface area contributed by atoms with Gasteiger partial charge >= 0.3 is 0 Å². The number of halogens is 2. The molecule has 1 aromatic heterocycles. The molecule has 0 saturated carbocycles. The summed E-state index contributed by atoms with van der Waals surface area (Å²) < 4.78 is 27.2. The number of hydrogen-bond donors (Lipinski definition) is 1. The predicted octanol–water partition coefficient (Wildman–Crippen LogP) is 2.04. The van der Waals surface area contributed by atoms with Crippen LogP contribution >= 0.6 is 0 Å². The maximum absolute atomic E-state index is 12.9. The van der Waals surface area contributed by atoms with E-state index < -0.39 is 11.6 Å². The van der Waals surface area contributed by atoms with Crippen LogP contribution < -0.4 is 5.73 Å². The maximum Gasteiger partial charge on any atom is 0.128 e. The van der Waals surface area contributed by atoms with E-state index >= 15 is 0 Å². The number of rotatable bonds is 1. The molecular weight excluding hydrogens is 200 g/mol. The van der Waals surface area contributed by atoms with Crippen LogP contribution in [0.25, 0.3) is 5.69 Å². The van der Waals surface area contributed by atoms with Gasteiger partial charge in [-0.05, 0) is 19.1 Å². The summed E-state index contributed by atoms with van der Waals surface area (Å²) in [6, 6.07) is 3.19. The van der Waals surface area contributed by atoms with Gasteiger partial charge in [0.25, 0.3) is 0 Å². The lowest BCUT2D eigenvalue weighted by Gasteiger charge is -2.01. The molecule has 0 unspecified atom stereocenters. The first-order valence-corrected chi connectivity index (χ1v) is 4.34. The van der Waals surface area contributed by atoms with Crippen molar-refractivity contribution in [3.8, 4) is 5.69 Å². The number of anilines is 1. The Morgan fingerprint density at radius 3 is 2.27 bits per heavy atom. The third-order valence-corrected chi connectivity index (χ3v) is 2.05. The van der Waals surface area contributed by atoms with Crippen LogP contribution in [0.5, 0.6) is 0 Å². The second-order valence-corrected chi connectivity index (χ2v) is 3.24. The number of hydrogen-bond acceptors (Lipinski definition) is 2. The van der Waals surface area contributed by atoms with Crippen LogP contribution in [-0.4, -0.2) is 9.78 Å². The number of nitrogens with zero attached hydrogens (tertiary/aromatic N) is 2. The van der Waals surface area contributed by atoms with Crippen molar-refractivity contribution in [2.75, 3.05) is 5.73 Å². The minimum absolute atomic E-state index is 0.312. The van der Waals surface area contributed by atoms with Crippen molar-refractivity contribution in [3.63, 3.8) is 0 Å². The minimum atomic E-state index is -0.642. The third kappa shape index (κ3) is 1.81. The molecule has 2 aromatic rings. The number of aryl methyl sites for hydroxylation is 1. The van der Waals surface area contributed by atoms with Crippen molar-refractivity contribution in [2.24, 2.45) is 0 Å². The van der Waals surface area contributed by atoms with Crippen LogP contribution in [0, 0.1) is 18.6 Å². The first-order valence-electron chi connectivity index (χ1n) is 4.34. The van der Waals surface area contributed by atoms with E-state index in [1.165, 1.54) is 23.0 Å². The second-order valence-electron chi connectivity index (χ2n) is 3.24. The molecule has 0 radical (unpaired) electrons. The third-order valence-electron chi connectivity index (χ3n) is 2.05. The lowest BCUT2D eigenvalue weighted by molar-refractivity contribution is 0.580. The molecule has 0 aliphatic rings. The monoisotopic (exact) mass is 209 g/mol. The Balaban J connectivity index is 2.53. The summed E-state index contributed by atoms with van der Waals surface area (Å²) in [7, 11) is 0. The molecule has 5 heteroatoms. The van der Waals surface area contributed by atoms with Gasteiger partial charge < -0.3 is 5.73 Å². The zero-order valence-corrected chi connectivity index (χ0v) is 8.04. The Hall–Kier alpha value is -1.91. The first kappa shape index (κ1) is 9.64. The molecule has 0 aliphatic heterocycles. The van der Waals surface area contributed by atoms with Gasteiger partial charge in [0.15, 0.2) is 0 Å². The molecule has 15 heavy (non-hydrogen) atoms. The van der Waals surface area contributed by atoms with Crippen LogP contribution in [0.3, 0.4) is 0 Å². The average molecular weight is 209 g/mol. The maximum atomic E-state index is 12.9. The van der Waals surface area contributed by atoms with Crippen LogP contribution in [0.15, 0.2) is 24.4 Å². The molecule has 0 fully saturated rings. The van der Waals surface area contributed by atoms with Crippen LogP contribution in [0.1, 0.15) is 5.69 Å². The van der Waals surface area contributed by atoms with Gasteiger partial charge in [-0.3, -0.25) is 0 Å². The van der Waals surface area contributed by atoms with Gasteiger partial charge in [0.05, 0.1) is 23.3 Å². The van der Waals surface area contributed by atoms with Gasteiger partial charge in [0, 0.05) is 6.07 Å². The smallest absolute Gasteiger partial charge is 0.128 e. The molecule has 0 spiro atoms. The Morgan fingerprint density at radius 2 is 1.80 bits per heavy atom. The van der Waals surface area contributed by atoms with Gasteiger partial charge in [-0.1, -0.05) is 0 Å². The molecule has 3 nitrogen and oxygen atoms in total. The van der Waals surface area contributed by atoms with Gasteiger partial charge in [-0.2, -0.15) is 5.10 Å². The van der Waals surface area contributed by atoms with Gasteiger partial charge in [0.2, 0.25) is 0 Å². The number of nitrogens with two attached hydrogens (primary N) is 1. The quantitative estimate of drug-likeness (QED) is 0.781. The van der Waals surface area contributed by atoms with E-state index in [0.29, 0.717) is 17.1 Å². The van der Waals surface area contributed by atoms with Crippen molar-refractivity contribution < 1.29 is 8.78 Å². The molecule has 1 aromatic carbocycles. The van der Waals surface area contributed by atoms with Crippen LogP contribution in [-0.2, 0) is 0 Å². The van der Waals surface area contributed by atoms with E-state index in [-0.39, 0.29) is 0 Å². The topological polar surface area (TPSA) is 43.8 Å². The van der Waals surface area contributed by atoms with Gasteiger partial charge in [0.1, 0.15) is 11.6 Å². The summed E-state index contributed by atoms with van der Waals surface area (Å²) >= 11 is 0. The number of nitrogen functional groups attached to an aromatic ring is 1. The highest BCUT2D eigenvalue weighted by Gasteiger charge is 2.05. The summed E-state index contributed by atoms with van der Waals surface area (Å²) in [4.78, 5) is 0. The summed E-state index contributed by atoms with van der Waals surface area (Å²) in [5, 5.41) is 4.02. The van der Waals surface area contributed by atoms with Crippen molar-refractivity contribution in [3.05, 3.63) is 41.7 Å². The molecular formula is C10H9F2N3. The van der Waals surface area contributed by atoms with Crippen LogP contribution in [0.4, 0.5) is 14.5 Å². The van der Waals surface area contributed by atoms with E-state index in [9.17, 15) is 8.78 Å². The van der Waals surface area contributed by atoms with E-state index in [2.05, 4.69) is 5.10 Å². The molecule has 0 amide bonds. The second kappa shape index (κ2) is 3.34. The molecule has 0 atom stereocenters. The number of benzene rings is 1. The van der Waals surface area contributed by atoms with Crippen LogP contribution in [0.2, 0.25) is 0 Å². The molecule has 2 rings (SSSR count).